The van der Waals surface area contributed by atoms with Crippen molar-refractivity contribution in [3.63, 3.8) is 0 Å². The number of hydrogen-bond donors (Lipinski definition) is 2. The van der Waals surface area contributed by atoms with E-state index in [-0.39, 0.29) is 6.01 Å². The van der Waals surface area contributed by atoms with Crippen LogP contribution in [0.5, 0.6) is 6.01 Å². The Bertz CT molecular complexity index is 642. The molecule has 0 aliphatic carbocycles. The van der Waals surface area contributed by atoms with Crippen molar-refractivity contribution in [2.75, 3.05) is 25.9 Å². The molecule has 6 nitrogen and oxygen atoms in total. The molecule has 1 aromatic heterocycles. The van der Waals surface area contributed by atoms with Gasteiger partial charge in [0.25, 0.3) is 0 Å². The molecule has 22 heavy (non-hydrogen) atoms. The number of aromatic nitrogens is 2. The summed E-state index contributed by atoms with van der Waals surface area (Å²) in [5, 5.41) is 2.99. The normalized spacial score (nSPS) is 11.0. The van der Waals surface area contributed by atoms with E-state index in [9.17, 15) is 0 Å². The fourth-order valence-corrected chi connectivity index (χ4v) is 1.88. The number of aryl methyl sites for hydroxylation is 1. The van der Waals surface area contributed by atoms with Crippen molar-refractivity contribution in [3.8, 4) is 6.01 Å². The van der Waals surface area contributed by atoms with Gasteiger partial charge in [-0.2, -0.15) is 9.97 Å². The molecule has 0 radical (unpaired) electrons. The lowest BCUT2D eigenvalue weighted by Gasteiger charge is -2.06. The monoisotopic (exact) mass is 299 g/mol. The van der Waals surface area contributed by atoms with Crippen molar-refractivity contribution in [1.29, 1.82) is 0 Å². The van der Waals surface area contributed by atoms with E-state index < -0.39 is 0 Å². The summed E-state index contributed by atoms with van der Waals surface area (Å²) in [5.41, 5.74) is 8.77. The standard InChI is InChI=1S/C16H21N5O/c1-12-4-3-5-13(8-12)10-19-11-14-9-15(17)21-16(20-14)22-7-6-18-2/h3-5,8-10,18H,6-7,11H2,1-2H3,(H2,17,20,21). The highest BCUT2D eigenvalue weighted by Crippen LogP contribution is 2.10. The maximum Gasteiger partial charge on any atom is 0.318 e. The molecule has 0 spiro atoms. The van der Waals surface area contributed by atoms with Crippen LogP contribution in [-0.2, 0) is 6.54 Å². The summed E-state index contributed by atoms with van der Waals surface area (Å²) in [6.07, 6.45) is 1.83. The zero-order valence-corrected chi connectivity index (χ0v) is 12.9. The maximum absolute atomic E-state index is 5.77. The zero-order chi connectivity index (χ0) is 15.8. The summed E-state index contributed by atoms with van der Waals surface area (Å²) in [4.78, 5) is 12.7. The lowest BCUT2D eigenvalue weighted by atomic mass is 10.1. The van der Waals surface area contributed by atoms with Crippen LogP contribution in [0.3, 0.4) is 0 Å². The first kappa shape index (κ1) is 15.9. The lowest BCUT2D eigenvalue weighted by Crippen LogP contribution is -2.17. The minimum absolute atomic E-state index is 0.288. The minimum Gasteiger partial charge on any atom is -0.462 e. The fourth-order valence-electron chi connectivity index (χ4n) is 1.88. The van der Waals surface area contributed by atoms with E-state index in [1.165, 1.54) is 5.56 Å². The van der Waals surface area contributed by atoms with Gasteiger partial charge in [0.1, 0.15) is 12.4 Å². The smallest absolute Gasteiger partial charge is 0.318 e. The molecule has 0 saturated heterocycles. The van der Waals surface area contributed by atoms with Gasteiger partial charge in [0.15, 0.2) is 0 Å². The highest BCUT2D eigenvalue weighted by Gasteiger charge is 2.03. The molecule has 6 heteroatoms. The van der Waals surface area contributed by atoms with Crippen LogP contribution in [0.2, 0.25) is 0 Å². The number of rotatable bonds is 7. The highest BCUT2D eigenvalue weighted by molar-refractivity contribution is 5.79. The Morgan fingerprint density at radius 3 is 2.95 bits per heavy atom. The van der Waals surface area contributed by atoms with Crippen LogP contribution >= 0.6 is 0 Å². The topological polar surface area (TPSA) is 85.4 Å². The van der Waals surface area contributed by atoms with Gasteiger partial charge in [-0.25, -0.2) is 0 Å². The number of nitrogen functional groups attached to an aromatic ring is 1. The van der Waals surface area contributed by atoms with E-state index in [4.69, 9.17) is 10.5 Å². The first-order chi connectivity index (χ1) is 10.7. The van der Waals surface area contributed by atoms with Crippen molar-refractivity contribution in [2.24, 2.45) is 4.99 Å². The molecular weight excluding hydrogens is 278 g/mol. The molecule has 3 N–H and O–H groups in total. The number of nitrogens with two attached hydrogens (primary N) is 1. The van der Waals surface area contributed by atoms with Gasteiger partial charge in [-0.05, 0) is 19.5 Å². The number of likely N-dealkylation sites (N-methyl/N-ethyl adjacent to an activating group) is 1. The van der Waals surface area contributed by atoms with Crippen molar-refractivity contribution in [1.82, 2.24) is 15.3 Å². The number of hydrogen-bond acceptors (Lipinski definition) is 6. The summed E-state index contributed by atoms with van der Waals surface area (Å²) in [6.45, 7) is 3.70. The quantitative estimate of drug-likeness (QED) is 0.599. The SMILES string of the molecule is CNCCOc1nc(N)cc(CN=Cc2cccc(C)c2)n1. The van der Waals surface area contributed by atoms with Crippen LogP contribution < -0.4 is 15.8 Å². The molecular formula is C16H21N5O. The molecule has 0 aliphatic rings. The highest BCUT2D eigenvalue weighted by atomic mass is 16.5. The predicted molar refractivity (Wildman–Crippen MR) is 88.3 cm³/mol. The van der Waals surface area contributed by atoms with E-state index in [0.29, 0.717) is 19.0 Å². The molecule has 2 rings (SSSR count). The van der Waals surface area contributed by atoms with Gasteiger partial charge in [-0.15, -0.1) is 0 Å². The van der Waals surface area contributed by atoms with Crippen molar-refractivity contribution in [2.45, 2.75) is 13.5 Å². The zero-order valence-electron chi connectivity index (χ0n) is 12.9. The fraction of sp³-hybridized carbons (Fsp3) is 0.312. The third kappa shape index (κ3) is 5.14. The summed E-state index contributed by atoms with van der Waals surface area (Å²) in [7, 11) is 1.86. The number of benzene rings is 1. The van der Waals surface area contributed by atoms with E-state index >= 15 is 0 Å². The second-order valence-corrected chi connectivity index (χ2v) is 4.90. The van der Waals surface area contributed by atoms with Crippen LogP contribution in [0.15, 0.2) is 35.3 Å². The first-order valence-corrected chi connectivity index (χ1v) is 7.14. The van der Waals surface area contributed by atoms with Crippen LogP contribution in [0.1, 0.15) is 16.8 Å². The van der Waals surface area contributed by atoms with Crippen LogP contribution in [-0.4, -0.2) is 36.4 Å². The van der Waals surface area contributed by atoms with E-state index in [0.717, 1.165) is 17.8 Å². The Kier molecular flexibility index (Phi) is 5.85. The van der Waals surface area contributed by atoms with Crippen molar-refractivity contribution in [3.05, 3.63) is 47.2 Å². The molecule has 0 amide bonds. The Balaban J connectivity index is 1.99. The summed E-state index contributed by atoms with van der Waals surface area (Å²) in [6, 6.07) is 10.1. The van der Waals surface area contributed by atoms with Gasteiger partial charge in [0, 0.05) is 18.8 Å². The predicted octanol–water partition coefficient (Wildman–Crippen LogP) is 1.58. The average Bonchev–Trinajstić information content (AvgIpc) is 2.47. The molecule has 116 valence electrons. The van der Waals surface area contributed by atoms with E-state index in [1.54, 1.807) is 6.07 Å². The Hall–Kier alpha value is -2.47. The number of nitrogens with one attached hydrogen (secondary N) is 1. The van der Waals surface area contributed by atoms with Gasteiger partial charge < -0.3 is 15.8 Å². The number of nitrogens with zero attached hydrogens (tertiary/aromatic N) is 3. The molecule has 0 atom stereocenters. The van der Waals surface area contributed by atoms with Gasteiger partial charge in [-0.3, -0.25) is 4.99 Å². The molecule has 0 saturated carbocycles. The molecule has 1 aromatic carbocycles. The van der Waals surface area contributed by atoms with Gasteiger partial charge in [0.2, 0.25) is 0 Å². The maximum atomic E-state index is 5.77. The number of anilines is 1. The number of aliphatic imine (C=N–C) groups is 1. The second-order valence-electron chi connectivity index (χ2n) is 4.90. The van der Waals surface area contributed by atoms with Crippen LogP contribution in [0.4, 0.5) is 5.82 Å². The lowest BCUT2D eigenvalue weighted by molar-refractivity contribution is 0.293. The Morgan fingerprint density at radius 1 is 1.32 bits per heavy atom. The number of ether oxygens (including phenoxy) is 1. The van der Waals surface area contributed by atoms with Gasteiger partial charge in [-0.1, -0.05) is 29.8 Å². The summed E-state index contributed by atoms with van der Waals surface area (Å²) in [5.74, 6) is 0.384. The van der Waals surface area contributed by atoms with E-state index in [2.05, 4.69) is 39.3 Å². The second kappa shape index (κ2) is 8.09. The van der Waals surface area contributed by atoms with Crippen LogP contribution in [0, 0.1) is 6.92 Å². The molecule has 1 heterocycles. The third-order valence-corrected chi connectivity index (χ3v) is 2.90. The molecule has 2 aromatic rings. The molecule has 0 fully saturated rings. The van der Waals surface area contributed by atoms with Gasteiger partial charge in [0.05, 0.1) is 12.2 Å². The van der Waals surface area contributed by atoms with Crippen molar-refractivity contribution >= 4 is 12.0 Å². The van der Waals surface area contributed by atoms with Gasteiger partial charge >= 0.3 is 6.01 Å². The largest absolute Gasteiger partial charge is 0.462 e. The summed E-state index contributed by atoms with van der Waals surface area (Å²) >= 11 is 0. The Labute approximate surface area is 130 Å². The molecule has 0 bridgehead atoms. The Morgan fingerprint density at radius 2 is 2.18 bits per heavy atom. The minimum atomic E-state index is 0.288. The summed E-state index contributed by atoms with van der Waals surface area (Å²) < 4.78 is 5.43. The van der Waals surface area contributed by atoms with Crippen molar-refractivity contribution < 1.29 is 4.74 Å². The van der Waals surface area contributed by atoms with Crippen LogP contribution in [0.25, 0.3) is 0 Å². The average molecular weight is 299 g/mol. The third-order valence-electron chi connectivity index (χ3n) is 2.90. The van der Waals surface area contributed by atoms with E-state index in [1.807, 2.05) is 25.4 Å². The molecule has 0 aliphatic heterocycles. The molecule has 0 unspecified atom stereocenters. The first-order valence-electron chi connectivity index (χ1n) is 7.14.